The summed E-state index contributed by atoms with van der Waals surface area (Å²) >= 11 is 0. The van der Waals surface area contributed by atoms with Crippen LogP contribution in [0.1, 0.15) is 17.9 Å². The third-order valence-electron chi connectivity index (χ3n) is 3.90. The van der Waals surface area contributed by atoms with Gasteiger partial charge in [0.05, 0.1) is 6.61 Å². The molecule has 19 heavy (non-hydrogen) atoms. The molecule has 2 aliphatic rings. The second-order valence-electron chi connectivity index (χ2n) is 4.99. The summed E-state index contributed by atoms with van der Waals surface area (Å²) in [4.78, 5) is 11.6. The van der Waals surface area contributed by atoms with Gasteiger partial charge in [0, 0.05) is 5.92 Å². The summed E-state index contributed by atoms with van der Waals surface area (Å²) in [5, 5.41) is 28.5. The summed E-state index contributed by atoms with van der Waals surface area (Å²) in [5.74, 6) is -0.746. The van der Waals surface area contributed by atoms with Crippen LogP contribution in [0.3, 0.4) is 0 Å². The molecule has 0 radical (unpaired) electrons. The second-order valence-corrected chi connectivity index (χ2v) is 4.99. The van der Waals surface area contributed by atoms with Gasteiger partial charge in [0.25, 0.3) is 0 Å². The Morgan fingerprint density at radius 3 is 2.79 bits per heavy atom. The highest BCUT2D eigenvalue weighted by atomic mass is 16.5. The molecule has 3 atom stereocenters. The first-order chi connectivity index (χ1) is 9.05. The van der Waals surface area contributed by atoms with Crippen LogP contribution in [0.5, 0.6) is 11.5 Å². The Hall–Kier alpha value is -1.85. The zero-order valence-corrected chi connectivity index (χ0v) is 10.1. The maximum absolute atomic E-state index is 11.6. The van der Waals surface area contributed by atoms with Crippen molar-refractivity contribution in [3.05, 3.63) is 35.9 Å². The van der Waals surface area contributed by atoms with E-state index in [1.807, 2.05) is 0 Å². The van der Waals surface area contributed by atoms with Crippen LogP contribution >= 0.6 is 0 Å². The lowest BCUT2D eigenvalue weighted by Crippen LogP contribution is -2.39. The van der Waals surface area contributed by atoms with Crippen LogP contribution in [-0.4, -0.2) is 39.4 Å². The first-order valence-electron chi connectivity index (χ1n) is 6.09. The van der Waals surface area contributed by atoms with E-state index in [0.29, 0.717) is 6.42 Å². The minimum atomic E-state index is -0.915. The number of fused-ring (bicyclic) bond motifs is 2. The highest BCUT2D eigenvalue weighted by Crippen LogP contribution is 2.47. The van der Waals surface area contributed by atoms with E-state index >= 15 is 0 Å². The van der Waals surface area contributed by atoms with Crippen LogP contribution in [0.25, 0.3) is 0 Å². The monoisotopic (exact) mass is 262 g/mol. The normalized spacial score (nSPS) is 32.8. The van der Waals surface area contributed by atoms with E-state index in [-0.39, 0.29) is 29.8 Å². The van der Waals surface area contributed by atoms with Gasteiger partial charge in [0.15, 0.2) is 17.3 Å². The molecule has 1 aromatic carbocycles. The molecular formula is C14H14O5. The number of ketones is 1. The van der Waals surface area contributed by atoms with E-state index in [1.165, 1.54) is 18.2 Å². The van der Waals surface area contributed by atoms with Crippen molar-refractivity contribution in [1.29, 1.82) is 0 Å². The topological polar surface area (TPSA) is 87.0 Å². The van der Waals surface area contributed by atoms with Crippen LogP contribution in [0.15, 0.2) is 30.4 Å². The largest absolute Gasteiger partial charge is 0.504 e. The Morgan fingerprint density at radius 2 is 2.11 bits per heavy atom. The fraction of sp³-hybridized carbons (Fsp3) is 0.357. The van der Waals surface area contributed by atoms with E-state index in [0.717, 1.165) is 5.56 Å². The number of ether oxygens (including phenoxy) is 1. The van der Waals surface area contributed by atoms with Crippen LogP contribution in [0.2, 0.25) is 0 Å². The first-order valence-corrected chi connectivity index (χ1v) is 6.09. The molecule has 1 aromatic rings. The van der Waals surface area contributed by atoms with Crippen LogP contribution < -0.4 is 0 Å². The van der Waals surface area contributed by atoms with Crippen molar-refractivity contribution in [2.24, 2.45) is 0 Å². The number of rotatable bonds is 2. The molecule has 2 bridgehead atoms. The average Bonchev–Trinajstić information content (AvgIpc) is 2.74. The predicted molar refractivity (Wildman–Crippen MR) is 66.0 cm³/mol. The van der Waals surface area contributed by atoms with Crippen molar-refractivity contribution in [2.45, 2.75) is 24.0 Å². The Kier molecular flexibility index (Phi) is 2.62. The minimum absolute atomic E-state index is 0.102. The lowest BCUT2D eigenvalue weighted by molar-refractivity contribution is -0.132. The van der Waals surface area contributed by atoms with E-state index in [1.54, 1.807) is 12.1 Å². The van der Waals surface area contributed by atoms with Gasteiger partial charge in [-0.15, -0.1) is 0 Å². The second kappa shape index (κ2) is 4.08. The fourth-order valence-corrected chi connectivity index (χ4v) is 2.84. The summed E-state index contributed by atoms with van der Waals surface area (Å²) in [5.41, 5.74) is -0.187. The molecule has 1 fully saturated rings. The number of hydrogen-bond donors (Lipinski definition) is 3. The van der Waals surface area contributed by atoms with Gasteiger partial charge in [-0.25, -0.2) is 0 Å². The number of benzene rings is 1. The molecule has 5 heteroatoms. The van der Waals surface area contributed by atoms with Gasteiger partial charge in [-0.05, 0) is 36.3 Å². The third kappa shape index (κ3) is 1.74. The number of carbonyl (C=O) groups excluding carboxylic acids is 1. The van der Waals surface area contributed by atoms with Crippen molar-refractivity contribution >= 4 is 5.78 Å². The number of aliphatic hydroxyl groups excluding tert-OH is 1. The van der Waals surface area contributed by atoms with Gasteiger partial charge in [-0.2, -0.15) is 0 Å². The van der Waals surface area contributed by atoms with Gasteiger partial charge in [-0.1, -0.05) is 6.07 Å². The molecule has 3 rings (SSSR count). The molecule has 0 saturated carbocycles. The number of phenolic OH excluding ortho intramolecular Hbond substituents is 2. The molecular weight excluding hydrogens is 248 g/mol. The summed E-state index contributed by atoms with van der Waals surface area (Å²) in [7, 11) is 0. The summed E-state index contributed by atoms with van der Waals surface area (Å²) in [6.07, 6.45) is 2.95. The molecule has 1 saturated heterocycles. The SMILES string of the molecule is O=C1C=C[C@]2(CO)O[C@H]1C[C@H]2c1ccc(O)c(O)c1. The molecule has 0 spiro atoms. The van der Waals surface area contributed by atoms with Crippen molar-refractivity contribution < 1.29 is 24.9 Å². The maximum Gasteiger partial charge on any atom is 0.184 e. The summed E-state index contributed by atoms with van der Waals surface area (Å²) in [6, 6.07) is 4.50. The lowest BCUT2D eigenvalue weighted by atomic mass is 9.82. The molecule has 2 heterocycles. The summed E-state index contributed by atoms with van der Waals surface area (Å²) in [6.45, 7) is -0.237. The molecule has 3 N–H and O–H groups in total. The van der Waals surface area contributed by atoms with Crippen molar-refractivity contribution in [2.75, 3.05) is 6.61 Å². The number of aromatic hydroxyl groups is 2. The van der Waals surface area contributed by atoms with E-state index in [2.05, 4.69) is 0 Å². The van der Waals surface area contributed by atoms with E-state index < -0.39 is 11.7 Å². The van der Waals surface area contributed by atoms with Crippen molar-refractivity contribution in [1.82, 2.24) is 0 Å². The van der Waals surface area contributed by atoms with Crippen molar-refractivity contribution in [3.8, 4) is 11.5 Å². The van der Waals surface area contributed by atoms with Gasteiger partial charge in [0.1, 0.15) is 11.7 Å². The molecule has 0 aromatic heterocycles. The van der Waals surface area contributed by atoms with Gasteiger partial charge in [-0.3, -0.25) is 4.79 Å². The van der Waals surface area contributed by atoms with E-state index in [9.17, 15) is 20.1 Å². The standard InChI is InChI=1S/C14H14O5/c15-7-14-4-3-11(17)13(19-14)6-9(14)8-1-2-10(16)12(18)5-8/h1-5,9,13,15-16,18H,6-7H2/t9-,13-,14+/m0/s1. The molecule has 2 aliphatic heterocycles. The summed E-state index contributed by atoms with van der Waals surface area (Å²) < 4.78 is 5.65. The molecule has 0 amide bonds. The quantitative estimate of drug-likeness (QED) is 0.687. The first kappa shape index (κ1) is 12.2. The van der Waals surface area contributed by atoms with Gasteiger partial charge in [0.2, 0.25) is 0 Å². The van der Waals surface area contributed by atoms with Crippen LogP contribution in [0, 0.1) is 0 Å². The number of phenols is 2. The Balaban J connectivity index is 2.03. The Bertz CT molecular complexity index is 565. The third-order valence-corrected chi connectivity index (χ3v) is 3.90. The number of aliphatic hydroxyl groups is 1. The molecule has 5 nitrogen and oxygen atoms in total. The highest BCUT2D eigenvalue weighted by Gasteiger charge is 2.51. The van der Waals surface area contributed by atoms with Gasteiger partial charge < -0.3 is 20.1 Å². The number of carbonyl (C=O) groups is 1. The highest BCUT2D eigenvalue weighted by molar-refractivity contribution is 5.95. The van der Waals surface area contributed by atoms with Crippen LogP contribution in [-0.2, 0) is 9.53 Å². The van der Waals surface area contributed by atoms with Crippen molar-refractivity contribution in [3.63, 3.8) is 0 Å². The Morgan fingerprint density at radius 1 is 1.32 bits per heavy atom. The molecule has 0 aliphatic carbocycles. The Labute approximate surface area is 109 Å². The minimum Gasteiger partial charge on any atom is -0.504 e. The smallest absolute Gasteiger partial charge is 0.184 e. The zero-order chi connectivity index (χ0) is 13.6. The molecule has 100 valence electrons. The van der Waals surface area contributed by atoms with Gasteiger partial charge >= 0.3 is 0 Å². The molecule has 0 unspecified atom stereocenters. The number of hydrogen-bond acceptors (Lipinski definition) is 5. The average molecular weight is 262 g/mol. The zero-order valence-electron chi connectivity index (χ0n) is 10.1. The van der Waals surface area contributed by atoms with Crippen LogP contribution in [0.4, 0.5) is 0 Å². The maximum atomic E-state index is 11.6. The van der Waals surface area contributed by atoms with E-state index in [4.69, 9.17) is 4.74 Å². The predicted octanol–water partition coefficient (Wildman–Crippen LogP) is 0.840. The fourth-order valence-electron chi connectivity index (χ4n) is 2.84. The lowest BCUT2D eigenvalue weighted by Gasteiger charge is -2.31.